The second-order valence-electron chi connectivity index (χ2n) is 6.60. The molecule has 0 aromatic heterocycles. The second-order valence-corrected chi connectivity index (χ2v) is 8.31. The lowest BCUT2D eigenvalue weighted by molar-refractivity contribution is -0.123. The summed E-state index contributed by atoms with van der Waals surface area (Å²) in [4.78, 5) is 11.8. The van der Waals surface area contributed by atoms with E-state index >= 15 is 0 Å². The number of aryl methyl sites for hydroxylation is 1. The van der Waals surface area contributed by atoms with Gasteiger partial charge in [-0.3, -0.25) is 4.79 Å². The van der Waals surface area contributed by atoms with E-state index < -0.39 is 10.0 Å². The Bertz CT molecular complexity index is 700. The smallest absolute Gasteiger partial charge is 0.257 e. The molecule has 3 N–H and O–H groups in total. The zero-order chi connectivity index (χ0) is 19.0. The standard InChI is InChI=1S/C18H28N2O5S/c1-14-12-16(26(23,24)20-15-6-3-2-4-7-15)8-9-17(14)25-13-18(22)19-10-5-11-21/h8-9,12,15,20-21H,2-7,10-11,13H2,1H3,(H,19,22). The highest BCUT2D eigenvalue weighted by Crippen LogP contribution is 2.24. The van der Waals surface area contributed by atoms with E-state index in [0.29, 0.717) is 24.3 Å². The highest BCUT2D eigenvalue weighted by atomic mass is 32.2. The predicted molar refractivity (Wildman–Crippen MR) is 98.6 cm³/mol. The van der Waals surface area contributed by atoms with E-state index in [4.69, 9.17) is 9.84 Å². The molecule has 0 aliphatic heterocycles. The molecule has 1 aromatic carbocycles. The number of nitrogens with one attached hydrogen (secondary N) is 2. The maximum atomic E-state index is 12.5. The fraction of sp³-hybridized carbons (Fsp3) is 0.611. The lowest BCUT2D eigenvalue weighted by atomic mass is 9.96. The Morgan fingerprint density at radius 3 is 2.65 bits per heavy atom. The van der Waals surface area contributed by atoms with E-state index in [0.717, 1.165) is 32.1 Å². The van der Waals surface area contributed by atoms with Gasteiger partial charge in [0.25, 0.3) is 5.91 Å². The molecule has 0 spiro atoms. The van der Waals surface area contributed by atoms with Crippen molar-refractivity contribution < 1.29 is 23.1 Å². The molecule has 7 nitrogen and oxygen atoms in total. The summed E-state index contributed by atoms with van der Waals surface area (Å²) >= 11 is 0. The molecule has 8 heteroatoms. The lowest BCUT2D eigenvalue weighted by Gasteiger charge is -2.22. The van der Waals surface area contributed by atoms with Gasteiger partial charge in [-0.05, 0) is 49.9 Å². The van der Waals surface area contributed by atoms with Crippen molar-refractivity contribution in [3.63, 3.8) is 0 Å². The highest BCUT2D eigenvalue weighted by Gasteiger charge is 2.22. The van der Waals surface area contributed by atoms with Crippen molar-refractivity contribution in [2.45, 2.75) is 56.4 Å². The Kier molecular flexibility index (Phi) is 7.86. The van der Waals surface area contributed by atoms with E-state index in [1.807, 2.05) is 0 Å². The van der Waals surface area contributed by atoms with Gasteiger partial charge in [0.1, 0.15) is 5.75 Å². The van der Waals surface area contributed by atoms with Crippen molar-refractivity contribution in [1.82, 2.24) is 10.0 Å². The summed E-state index contributed by atoms with van der Waals surface area (Å²) in [5, 5.41) is 11.3. The molecule has 0 bridgehead atoms. The van der Waals surface area contributed by atoms with Crippen LogP contribution in [0.4, 0.5) is 0 Å². The van der Waals surface area contributed by atoms with Crippen LogP contribution in [0.2, 0.25) is 0 Å². The Labute approximate surface area is 155 Å². The normalized spacial score (nSPS) is 15.6. The van der Waals surface area contributed by atoms with Gasteiger partial charge < -0.3 is 15.2 Å². The van der Waals surface area contributed by atoms with Crippen LogP contribution in [0.15, 0.2) is 23.1 Å². The third-order valence-corrected chi connectivity index (χ3v) is 5.92. The number of sulfonamides is 1. The third-order valence-electron chi connectivity index (χ3n) is 4.40. The Morgan fingerprint density at radius 1 is 1.27 bits per heavy atom. The van der Waals surface area contributed by atoms with Gasteiger partial charge in [-0.15, -0.1) is 0 Å². The fourth-order valence-corrected chi connectivity index (χ4v) is 4.35. The maximum Gasteiger partial charge on any atom is 0.257 e. The van der Waals surface area contributed by atoms with Crippen LogP contribution in [-0.4, -0.2) is 45.2 Å². The maximum absolute atomic E-state index is 12.5. The number of aliphatic hydroxyl groups is 1. The van der Waals surface area contributed by atoms with Gasteiger partial charge in [0.15, 0.2) is 6.61 Å². The fourth-order valence-electron chi connectivity index (χ4n) is 2.96. The Morgan fingerprint density at radius 2 is 2.00 bits per heavy atom. The quantitative estimate of drug-likeness (QED) is 0.560. The first kappa shape index (κ1) is 20.7. The van der Waals surface area contributed by atoms with E-state index in [-0.39, 0.29) is 30.1 Å². The summed E-state index contributed by atoms with van der Waals surface area (Å²) < 4.78 is 33.3. The van der Waals surface area contributed by atoms with Crippen molar-refractivity contribution in [2.75, 3.05) is 19.8 Å². The van der Waals surface area contributed by atoms with Crippen LogP contribution in [0, 0.1) is 6.92 Å². The highest BCUT2D eigenvalue weighted by molar-refractivity contribution is 7.89. The first-order valence-corrected chi connectivity index (χ1v) is 10.5. The van der Waals surface area contributed by atoms with Crippen molar-refractivity contribution in [1.29, 1.82) is 0 Å². The lowest BCUT2D eigenvalue weighted by Crippen LogP contribution is -2.36. The number of ether oxygens (including phenoxy) is 1. The van der Waals surface area contributed by atoms with Crippen molar-refractivity contribution in [2.24, 2.45) is 0 Å². The minimum Gasteiger partial charge on any atom is -0.484 e. The summed E-state index contributed by atoms with van der Waals surface area (Å²) in [5.74, 6) is 0.187. The molecule has 1 saturated carbocycles. The number of benzene rings is 1. The van der Waals surface area contributed by atoms with Crippen LogP contribution in [0.25, 0.3) is 0 Å². The summed E-state index contributed by atoms with van der Waals surface area (Å²) in [6.45, 7) is 2.00. The van der Waals surface area contributed by atoms with Crippen LogP contribution >= 0.6 is 0 Å². The van der Waals surface area contributed by atoms with Crippen LogP contribution in [0.3, 0.4) is 0 Å². The predicted octanol–water partition coefficient (Wildman–Crippen LogP) is 1.48. The molecule has 0 atom stereocenters. The molecule has 1 aromatic rings. The zero-order valence-corrected chi connectivity index (χ0v) is 16.0. The van der Waals surface area contributed by atoms with Crippen LogP contribution in [0.1, 0.15) is 44.1 Å². The van der Waals surface area contributed by atoms with E-state index in [9.17, 15) is 13.2 Å². The largest absolute Gasteiger partial charge is 0.484 e. The molecule has 0 heterocycles. The van der Waals surface area contributed by atoms with E-state index in [1.54, 1.807) is 19.1 Å². The molecule has 146 valence electrons. The molecular weight excluding hydrogens is 356 g/mol. The second kappa shape index (κ2) is 9.89. The first-order valence-electron chi connectivity index (χ1n) is 9.06. The van der Waals surface area contributed by atoms with E-state index in [2.05, 4.69) is 10.0 Å². The SMILES string of the molecule is Cc1cc(S(=O)(=O)NC2CCCCC2)ccc1OCC(=O)NCCCO. The number of amides is 1. The first-order chi connectivity index (χ1) is 12.4. The minimum atomic E-state index is -3.55. The molecule has 0 unspecified atom stereocenters. The topological polar surface area (TPSA) is 105 Å². The average Bonchev–Trinajstić information content (AvgIpc) is 2.61. The monoisotopic (exact) mass is 384 g/mol. The summed E-state index contributed by atoms with van der Waals surface area (Å²) in [6, 6.07) is 4.64. The summed E-state index contributed by atoms with van der Waals surface area (Å²) in [7, 11) is -3.55. The molecule has 1 aliphatic rings. The van der Waals surface area contributed by atoms with Gasteiger partial charge in [0, 0.05) is 19.2 Å². The molecule has 26 heavy (non-hydrogen) atoms. The molecule has 0 saturated heterocycles. The van der Waals surface area contributed by atoms with Crippen molar-refractivity contribution in [3.05, 3.63) is 23.8 Å². The summed E-state index contributed by atoms with van der Waals surface area (Å²) in [6.07, 6.45) is 5.52. The van der Waals surface area contributed by atoms with Gasteiger partial charge in [-0.1, -0.05) is 19.3 Å². The number of aliphatic hydroxyl groups excluding tert-OH is 1. The van der Waals surface area contributed by atoms with Crippen molar-refractivity contribution >= 4 is 15.9 Å². The van der Waals surface area contributed by atoms with Gasteiger partial charge in [0.2, 0.25) is 10.0 Å². The number of hydrogen-bond donors (Lipinski definition) is 3. The molecule has 0 radical (unpaired) electrons. The Hall–Kier alpha value is -1.64. The molecule has 1 fully saturated rings. The molecular formula is C18H28N2O5S. The third kappa shape index (κ3) is 6.26. The minimum absolute atomic E-state index is 0.00704. The number of hydrogen-bond acceptors (Lipinski definition) is 5. The van der Waals surface area contributed by atoms with Crippen molar-refractivity contribution in [3.8, 4) is 5.75 Å². The molecule has 1 aliphatic carbocycles. The molecule has 2 rings (SSSR count). The average molecular weight is 384 g/mol. The number of rotatable bonds is 9. The van der Waals surface area contributed by atoms with Gasteiger partial charge in [-0.2, -0.15) is 0 Å². The number of carbonyl (C=O) groups is 1. The summed E-state index contributed by atoms with van der Waals surface area (Å²) in [5.41, 5.74) is 0.652. The van der Waals surface area contributed by atoms with Gasteiger partial charge in [-0.25, -0.2) is 13.1 Å². The van der Waals surface area contributed by atoms with Gasteiger partial charge >= 0.3 is 0 Å². The zero-order valence-electron chi connectivity index (χ0n) is 15.2. The van der Waals surface area contributed by atoms with Crippen LogP contribution in [-0.2, 0) is 14.8 Å². The van der Waals surface area contributed by atoms with Crippen LogP contribution in [0.5, 0.6) is 5.75 Å². The number of carbonyl (C=O) groups excluding carboxylic acids is 1. The Balaban J connectivity index is 1.94. The molecule has 1 amide bonds. The van der Waals surface area contributed by atoms with E-state index in [1.165, 1.54) is 6.07 Å². The van der Waals surface area contributed by atoms with Crippen LogP contribution < -0.4 is 14.8 Å². The van der Waals surface area contributed by atoms with Gasteiger partial charge in [0.05, 0.1) is 4.90 Å².